The highest BCUT2D eigenvalue weighted by atomic mass is 32.2. The van der Waals surface area contributed by atoms with Crippen LogP contribution < -0.4 is 4.90 Å². The van der Waals surface area contributed by atoms with E-state index in [1.54, 1.807) is 4.90 Å². The summed E-state index contributed by atoms with van der Waals surface area (Å²) in [5, 5.41) is 8.12. The average molecular weight is 318 g/mol. The van der Waals surface area contributed by atoms with Crippen molar-refractivity contribution in [2.45, 2.75) is 18.3 Å². The molecule has 1 aromatic rings. The first-order chi connectivity index (χ1) is 9.65. The van der Waals surface area contributed by atoms with Gasteiger partial charge in [0.15, 0.2) is 9.84 Å². The predicted molar refractivity (Wildman–Crippen MR) is 71.6 cm³/mol. The van der Waals surface area contributed by atoms with Crippen molar-refractivity contribution >= 4 is 15.5 Å². The third-order valence-corrected chi connectivity index (χ3v) is 5.66. The summed E-state index contributed by atoms with van der Waals surface area (Å²) in [6, 6.07) is 4.96. The van der Waals surface area contributed by atoms with Crippen molar-refractivity contribution in [3.8, 4) is 6.07 Å². The first kappa shape index (κ1) is 15.6. The first-order valence-electron chi connectivity index (χ1n) is 6.23. The van der Waals surface area contributed by atoms with Crippen molar-refractivity contribution < 1.29 is 21.6 Å². The van der Waals surface area contributed by atoms with Crippen LogP contribution in [0.4, 0.5) is 18.9 Å². The van der Waals surface area contributed by atoms with Crippen LogP contribution in [0, 0.1) is 11.3 Å². The quantitative estimate of drug-likeness (QED) is 0.796. The van der Waals surface area contributed by atoms with E-state index < -0.39 is 32.4 Å². The minimum Gasteiger partial charge on any atom is -0.369 e. The molecule has 21 heavy (non-hydrogen) atoms. The third kappa shape index (κ3) is 3.13. The molecule has 1 aromatic carbocycles. The standard InChI is InChI=1S/C13H13F3N2O2S/c1-9-8-18(4-5-21(9,19)20)11-3-2-10(7-17)12(6-11)13(14,15)16/h2-3,6,9H,4-5,8H2,1H3/t9-/m0/s1. The summed E-state index contributed by atoms with van der Waals surface area (Å²) >= 11 is 0. The maximum atomic E-state index is 12.9. The second kappa shape index (κ2) is 5.22. The number of hydrogen-bond donors (Lipinski definition) is 0. The molecule has 0 N–H and O–H groups in total. The van der Waals surface area contributed by atoms with Crippen LogP contribution in [-0.2, 0) is 16.0 Å². The zero-order valence-corrected chi connectivity index (χ0v) is 12.0. The molecule has 0 aliphatic carbocycles. The van der Waals surface area contributed by atoms with Gasteiger partial charge in [0, 0.05) is 18.8 Å². The zero-order chi connectivity index (χ0) is 15.8. The molecule has 1 fully saturated rings. The Morgan fingerprint density at radius 2 is 2.05 bits per heavy atom. The summed E-state index contributed by atoms with van der Waals surface area (Å²) < 4.78 is 62.0. The summed E-state index contributed by atoms with van der Waals surface area (Å²) in [5.74, 6) is -0.0878. The Morgan fingerprint density at radius 1 is 1.38 bits per heavy atom. The van der Waals surface area contributed by atoms with E-state index >= 15 is 0 Å². The lowest BCUT2D eigenvalue weighted by atomic mass is 10.1. The van der Waals surface area contributed by atoms with Gasteiger partial charge < -0.3 is 4.90 Å². The van der Waals surface area contributed by atoms with Gasteiger partial charge in [0.2, 0.25) is 0 Å². The van der Waals surface area contributed by atoms with Crippen molar-refractivity contribution in [2.24, 2.45) is 0 Å². The monoisotopic (exact) mass is 318 g/mol. The lowest BCUT2D eigenvalue weighted by Gasteiger charge is -2.33. The third-order valence-electron chi connectivity index (χ3n) is 3.53. The molecule has 1 atom stereocenters. The Morgan fingerprint density at radius 3 is 2.57 bits per heavy atom. The Balaban J connectivity index is 2.37. The molecule has 1 saturated heterocycles. The number of benzene rings is 1. The molecule has 1 heterocycles. The normalized spacial score (nSPS) is 21.9. The highest BCUT2D eigenvalue weighted by molar-refractivity contribution is 7.92. The minimum atomic E-state index is -4.62. The van der Waals surface area contributed by atoms with Gasteiger partial charge in [0.05, 0.1) is 28.2 Å². The molecule has 0 unspecified atom stereocenters. The molecule has 0 aromatic heterocycles. The largest absolute Gasteiger partial charge is 0.417 e. The number of alkyl halides is 3. The molecule has 0 saturated carbocycles. The number of anilines is 1. The maximum absolute atomic E-state index is 12.9. The van der Waals surface area contributed by atoms with Crippen LogP contribution in [0.2, 0.25) is 0 Å². The molecular formula is C13H13F3N2O2S. The fourth-order valence-corrected chi connectivity index (χ4v) is 3.53. The second-order valence-corrected chi connectivity index (χ2v) is 7.50. The zero-order valence-electron chi connectivity index (χ0n) is 11.2. The Hall–Kier alpha value is -1.75. The van der Waals surface area contributed by atoms with Gasteiger partial charge in [-0.05, 0) is 25.1 Å². The SMILES string of the molecule is C[C@H]1CN(c2ccc(C#N)c(C(F)(F)F)c2)CCS1(=O)=O. The lowest BCUT2D eigenvalue weighted by molar-refractivity contribution is -0.137. The second-order valence-electron chi connectivity index (χ2n) is 4.96. The van der Waals surface area contributed by atoms with Gasteiger partial charge in [-0.15, -0.1) is 0 Å². The smallest absolute Gasteiger partial charge is 0.369 e. The van der Waals surface area contributed by atoms with Gasteiger partial charge in [-0.25, -0.2) is 8.42 Å². The molecular weight excluding hydrogens is 305 g/mol. The maximum Gasteiger partial charge on any atom is 0.417 e. The summed E-state index contributed by atoms with van der Waals surface area (Å²) in [5.41, 5.74) is -1.16. The minimum absolute atomic E-state index is 0.0878. The van der Waals surface area contributed by atoms with Gasteiger partial charge in [-0.3, -0.25) is 0 Å². The van der Waals surface area contributed by atoms with E-state index in [4.69, 9.17) is 5.26 Å². The number of halogens is 3. The molecule has 2 rings (SSSR count). The van der Waals surface area contributed by atoms with E-state index in [-0.39, 0.29) is 24.5 Å². The Bertz CT molecular complexity index is 692. The number of rotatable bonds is 1. The Labute approximate surface area is 120 Å². The predicted octanol–water partition coefficient (Wildman–Crippen LogP) is 2.20. The van der Waals surface area contributed by atoms with Gasteiger partial charge >= 0.3 is 6.18 Å². The van der Waals surface area contributed by atoms with Crippen molar-refractivity contribution in [2.75, 3.05) is 23.7 Å². The Kier molecular flexibility index (Phi) is 3.89. The van der Waals surface area contributed by atoms with Crippen molar-refractivity contribution in [3.63, 3.8) is 0 Å². The van der Waals surface area contributed by atoms with Crippen molar-refractivity contribution in [1.82, 2.24) is 0 Å². The molecule has 0 spiro atoms. The van der Waals surface area contributed by atoms with E-state index in [9.17, 15) is 21.6 Å². The highest BCUT2D eigenvalue weighted by Crippen LogP contribution is 2.35. The number of sulfone groups is 1. The molecule has 0 radical (unpaired) electrons. The molecule has 0 amide bonds. The van der Waals surface area contributed by atoms with E-state index in [1.807, 2.05) is 0 Å². The van der Waals surface area contributed by atoms with Crippen LogP contribution in [0.25, 0.3) is 0 Å². The van der Waals surface area contributed by atoms with Gasteiger partial charge in [-0.2, -0.15) is 18.4 Å². The van der Waals surface area contributed by atoms with Crippen LogP contribution >= 0.6 is 0 Å². The van der Waals surface area contributed by atoms with Crippen LogP contribution in [0.15, 0.2) is 18.2 Å². The van der Waals surface area contributed by atoms with Crippen LogP contribution in [0.3, 0.4) is 0 Å². The average Bonchev–Trinajstić information content (AvgIpc) is 2.40. The van der Waals surface area contributed by atoms with Crippen LogP contribution in [-0.4, -0.2) is 32.5 Å². The van der Waals surface area contributed by atoms with E-state index in [2.05, 4.69) is 0 Å². The van der Waals surface area contributed by atoms with Crippen LogP contribution in [0.5, 0.6) is 0 Å². The van der Waals surface area contributed by atoms with Crippen molar-refractivity contribution in [1.29, 1.82) is 5.26 Å². The molecule has 8 heteroatoms. The fourth-order valence-electron chi connectivity index (χ4n) is 2.25. The lowest BCUT2D eigenvalue weighted by Crippen LogP contribution is -2.45. The summed E-state index contributed by atoms with van der Waals surface area (Å²) in [4.78, 5) is 1.60. The topological polar surface area (TPSA) is 61.2 Å². The first-order valence-corrected chi connectivity index (χ1v) is 7.94. The van der Waals surface area contributed by atoms with Gasteiger partial charge in [0.25, 0.3) is 0 Å². The number of hydrogen-bond acceptors (Lipinski definition) is 4. The summed E-state index contributed by atoms with van der Waals surface area (Å²) in [6.07, 6.45) is -4.62. The summed E-state index contributed by atoms with van der Waals surface area (Å²) in [6.45, 7) is 1.83. The molecule has 1 aliphatic heterocycles. The number of nitrogens with zero attached hydrogens (tertiary/aromatic N) is 2. The molecule has 114 valence electrons. The molecule has 0 bridgehead atoms. The number of nitriles is 1. The van der Waals surface area contributed by atoms with Crippen LogP contribution in [0.1, 0.15) is 18.1 Å². The van der Waals surface area contributed by atoms with Crippen molar-refractivity contribution in [3.05, 3.63) is 29.3 Å². The van der Waals surface area contributed by atoms with E-state index in [1.165, 1.54) is 19.1 Å². The molecule has 1 aliphatic rings. The fraction of sp³-hybridized carbons (Fsp3) is 0.462. The van der Waals surface area contributed by atoms with E-state index in [0.29, 0.717) is 0 Å². The summed E-state index contributed by atoms with van der Waals surface area (Å²) in [7, 11) is -3.17. The van der Waals surface area contributed by atoms with Gasteiger partial charge in [-0.1, -0.05) is 0 Å². The highest BCUT2D eigenvalue weighted by Gasteiger charge is 2.35. The van der Waals surface area contributed by atoms with E-state index in [0.717, 1.165) is 12.1 Å². The van der Waals surface area contributed by atoms with Gasteiger partial charge in [0.1, 0.15) is 0 Å². The molecule has 4 nitrogen and oxygen atoms in total.